The number of carboxylic acid groups (broad SMARTS) is 1. The normalized spacial score (nSPS) is 10.9. The van der Waals surface area contributed by atoms with Gasteiger partial charge in [0, 0.05) is 21.2 Å². The maximum absolute atomic E-state index is 11.3. The highest BCUT2D eigenvalue weighted by atomic mass is 35.5. The fraction of sp³-hybridized carbons (Fsp3) is 0.154. The summed E-state index contributed by atoms with van der Waals surface area (Å²) in [4.78, 5) is 11.3. The van der Waals surface area contributed by atoms with Gasteiger partial charge in [0.2, 0.25) is 0 Å². The van der Waals surface area contributed by atoms with Crippen LogP contribution < -0.4 is 4.74 Å². The molecule has 0 saturated carbocycles. The van der Waals surface area contributed by atoms with Crippen molar-refractivity contribution < 1.29 is 14.6 Å². The van der Waals surface area contributed by atoms with Crippen LogP contribution in [0.4, 0.5) is 0 Å². The van der Waals surface area contributed by atoms with Gasteiger partial charge >= 0.3 is 5.97 Å². The Kier molecular flexibility index (Phi) is 7.02. The molecule has 0 aliphatic rings. The van der Waals surface area contributed by atoms with Crippen LogP contribution in [0.5, 0.6) is 5.75 Å². The largest absolute Gasteiger partial charge is 0.493 e. The Labute approximate surface area is 202 Å². The van der Waals surface area contributed by atoms with Crippen molar-refractivity contribution in [2.24, 2.45) is 0 Å². The van der Waals surface area contributed by atoms with Gasteiger partial charge in [-0.05, 0) is 60.5 Å². The fourth-order valence-electron chi connectivity index (χ4n) is 3.54. The van der Waals surface area contributed by atoms with Gasteiger partial charge in [-0.3, -0.25) is 4.79 Å². The minimum absolute atomic E-state index is 0.0832. The first-order valence-corrected chi connectivity index (χ1v) is 11.3. The Morgan fingerprint density at radius 2 is 1.79 bits per heavy atom. The molecular weight excluding hydrogens is 459 g/mol. The first-order valence-electron chi connectivity index (χ1n) is 10.5. The summed E-state index contributed by atoms with van der Waals surface area (Å²) in [6.45, 7) is 2.58. The van der Waals surface area contributed by atoms with Crippen LogP contribution in [0.25, 0.3) is 28.2 Å². The second-order valence-corrected chi connectivity index (χ2v) is 8.44. The Bertz CT molecular complexity index is 1280. The predicted molar refractivity (Wildman–Crippen MR) is 132 cm³/mol. The van der Waals surface area contributed by atoms with Gasteiger partial charge in [0.15, 0.2) is 0 Å². The molecule has 1 N–H and O–H groups in total. The zero-order chi connectivity index (χ0) is 23.4. The van der Waals surface area contributed by atoms with Crippen molar-refractivity contribution >= 4 is 29.2 Å². The maximum Gasteiger partial charge on any atom is 0.307 e. The van der Waals surface area contributed by atoms with Crippen molar-refractivity contribution in [2.45, 2.75) is 19.8 Å². The average Bonchev–Trinajstić information content (AvgIpc) is 3.23. The molecule has 0 radical (unpaired) electrons. The van der Waals surface area contributed by atoms with Gasteiger partial charge in [0.1, 0.15) is 5.75 Å². The highest BCUT2D eigenvalue weighted by molar-refractivity contribution is 6.31. The van der Waals surface area contributed by atoms with E-state index in [1.807, 2.05) is 78.3 Å². The van der Waals surface area contributed by atoms with E-state index >= 15 is 0 Å². The predicted octanol–water partition coefficient (Wildman–Crippen LogP) is 6.93. The molecule has 168 valence electrons. The Morgan fingerprint density at radius 3 is 2.48 bits per heavy atom. The summed E-state index contributed by atoms with van der Waals surface area (Å²) >= 11 is 12.4. The summed E-state index contributed by atoms with van der Waals surface area (Å²) in [7, 11) is 0. The molecule has 0 amide bonds. The molecule has 0 spiro atoms. The van der Waals surface area contributed by atoms with Crippen LogP contribution in [0.1, 0.15) is 18.9 Å². The van der Waals surface area contributed by atoms with E-state index in [4.69, 9.17) is 33.0 Å². The summed E-state index contributed by atoms with van der Waals surface area (Å²) in [5, 5.41) is 15.4. The minimum atomic E-state index is -0.894. The van der Waals surface area contributed by atoms with Crippen LogP contribution in [0.2, 0.25) is 10.0 Å². The van der Waals surface area contributed by atoms with Gasteiger partial charge in [-0.2, -0.15) is 5.10 Å². The first-order chi connectivity index (χ1) is 15.9. The molecule has 1 aromatic heterocycles. The lowest BCUT2D eigenvalue weighted by molar-refractivity contribution is -0.136. The van der Waals surface area contributed by atoms with E-state index in [2.05, 4.69) is 0 Å². The molecule has 5 nitrogen and oxygen atoms in total. The zero-order valence-corrected chi connectivity index (χ0v) is 19.5. The number of aliphatic carboxylic acids is 1. The third kappa shape index (κ3) is 5.38. The molecule has 0 saturated heterocycles. The van der Waals surface area contributed by atoms with Crippen LogP contribution in [0.3, 0.4) is 0 Å². The number of nitrogens with zero attached hydrogens (tertiary/aromatic N) is 2. The van der Waals surface area contributed by atoms with Gasteiger partial charge in [0.25, 0.3) is 0 Å². The van der Waals surface area contributed by atoms with Crippen molar-refractivity contribution in [2.75, 3.05) is 6.61 Å². The van der Waals surface area contributed by atoms with E-state index < -0.39 is 5.97 Å². The highest BCUT2D eigenvalue weighted by Gasteiger charge is 2.18. The minimum Gasteiger partial charge on any atom is -0.493 e. The number of carbonyl (C=O) groups is 1. The summed E-state index contributed by atoms with van der Waals surface area (Å²) < 4.78 is 7.78. The van der Waals surface area contributed by atoms with Crippen LogP contribution in [0, 0.1) is 0 Å². The van der Waals surface area contributed by atoms with Crippen molar-refractivity contribution in [3.8, 4) is 34.0 Å². The van der Waals surface area contributed by atoms with Crippen LogP contribution in [-0.2, 0) is 11.2 Å². The number of ether oxygens (including phenoxy) is 1. The number of benzene rings is 3. The maximum atomic E-state index is 11.3. The van der Waals surface area contributed by atoms with Crippen molar-refractivity contribution in [3.63, 3.8) is 0 Å². The molecule has 0 aliphatic carbocycles. The molecule has 0 atom stereocenters. The molecule has 33 heavy (non-hydrogen) atoms. The van der Waals surface area contributed by atoms with Crippen molar-refractivity contribution in [3.05, 3.63) is 88.4 Å². The molecule has 4 rings (SSSR count). The number of hydrogen-bond donors (Lipinski definition) is 1. The SMILES string of the molecule is CCCOc1ccc(CC(=O)O)cc1-c1cc(-c2ccc(Cl)cc2)n(-c2cccc(Cl)c2)n1. The van der Waals surface area contributed by atoms with Gasteiger partial charge < -0.3 is 9.84 Å². The summed E-state index contributed by atoms with van der Waals surface area (Å²) in [6, 6.07) is 22.3. The number of rotatable bonds is 8. The van der Waals surface area contributed by atoms with Gasteiger partial charge in [-0.25, -0.2) is 4.68 Å². The standard InChI is InChI=1S/C26H22Cl2N2O3/c1-2-12-33-25-11-6-17(14-26(31)32)13-22(25)23-16-24(18-7-9-19(27)10-8-18)30(29-23)21-5-3-4-20(28)15-21/h3-11,13,15-16H,2,12,14H2,1H3,(H,31,32). The van der Waals surface area contributed by atoms with Crippen LogP contribution >= 0.6 is 23.2 Å². The molecule has 3 aromatic carbocycles. The summed E-state index contributed by atoms with van der Waals surface area (Å²) in [6.07, 6.45) is 0.767. The lowest BCUT2D eigenvalue weighted by Gasteiger charge is -2.11. The molecule has 0 aliphatic heterocycles. The second kappa shape index (κ2) is 10.1. The van der Waals surface area contributed by atoms with Gasteiger partial charge in [-0.1, -0.05) is 54.4 Å². The number of carboxylic acids is 1. The van der Waals surface area contributed by atoms with Gasteiger partial charge in [-0.15, -0.1) is 0 Å². The summed E-state index contributed by atoms with van der Waals surface area (Å²) in [5.41, 5.74) is 4.64. The molecule has 0 unspecified atom stereocenters. The monoisotopic (exact) mass is 480 g/mol. The zero-order valence-electron chi connectivity index (χ0n) is 18.0. The fourth-order valence-corrected chi connectivity index (χ4v) is 3.85. The topological polar surface area (TPSA) is 64.3 Å². The van der Waals surface area contributed by atoms with E-state index in [-0.39, 0.29) is 6.42 Å². The number of hydrogen-bond acceptors (Lipinski definition) is 3. The number of aromatic nitrogens is 2. The average molecular weight is 481 g/mol. The third-order valence-electron chi connectivity index (χ3n) is 5.04. The second-order valence-electron chi connectivity index (χ2n) is 7.56. The van der Waals surface area contributed by atoms with Gasteiger partial charge in [0.05, 0.1) is 30.1 Å². The third-order valence-corrected chi connectivity index (χ3v) is 5.53. The van der Waals surface area contributed by atoms with E-state index in [1.54, 1.807) is 6.07 Å². The Morgan fingerprint density at radius 1 is 1.00 bits per heavy atom. The van der Waals surface area contributed by atoms with E-state index in [9.17, 15) is 9.90 Å². The van der Waals surface area contributed by atoms with Crippen molar-refractivity contribution in [1.82, 2.24) is 9.78 Å². The Balaban J connectivity index is 1.90. The molecule has 7 heteroatoms. The van der Waals surface area contributed by atoms with E-state index in [0.29, 0.717) is 33.7 Å². The molecule has 1 heterocycles. The molecule has 0 fully saturated rings. The molecular formula is C26H22Cl2N2O3. The van der Waals surface area contributed by atoms with E-state index in [1.165, 1.54) is 0 Å². The number of halogens is 2. The quantitative estimate of drug-likeness (QED) is 0.297. The molecule has 0 bridgehead atoms. The van der Waals surface area contributed by atoms with Crippen molar-refractivity contribution in [1.29, 1.82) is 0 Å². The first kappa shape index (κ1) is 22.9. The highest BCUT2D eigenvalue weighted by Crippen LogP contribution is 2.35. The smallest absolute Gasteiger partial charge is 0.307 e. The lowest BCUT2D eigenvalue weighted by Crippen LogP contribution is -2.03. The Hall–Kier alpha value is -3.28. The summed E-state index contributed by atoms with van der Waals surface area (Å²) in [5.74, 6) is -0.237. The lowest BCUT2D eigenvalue weighted by atomic mass is 10.0. The molecule has 4 aromatic rings. The van der Waals surface area contributed by atoms with E-state index in [0.717, 1.165) is 28.9 Å². The van der Waals surface area contributed by atoms with Crippen LogP contribution in [-0.4, -0.2) is 27.5 Å². The van der Waals surface area contributed by atoms with Crippen LogP contribution in [0.15, 0.2) is 72.8 Å².